The van der Waals surface area contributed by atoms with Gasteiger partial charge in [0.2, 0.25) is 0 Å². The number of carbonyl (C=O) groups is 1. The van der Waals surface area contributed by atoms with Crippen molar-refractivity contribution in [3.63, 3.8) is 0 Å². The number of rotatable bonds is 7. The fourth-order valence-corrected chi connectivity index (χ4v) is 5.79. The molecule has 0 spiro atoms. The van der Waals surface area contributed by atoms with Crippen LogP contribution in [0, 0.1) is 5.92 Å². The molecule has 0 unspecified atom stereocenters. The third-order valence-corrected chi connectivity index (χ3v) is 8.14. The lowest BCUT2D eigenvalue weighted by atomic mass is 9.95. The molecule has 3 fully saturated rings. The van der Waals surface area contributed by atoms with Gasteiger partial charge in [-0.1, -0.05) is 25.0 Å². The Hall–Kier alpha value is -2.85. The Labute approximate surface area is 228 Å². The van der Waals surface area contributed by atoms with Crippen molar-refractivity contribution in [1.29, 1.82) is 0 Å². The van der Waals surface area contributed by atoms with Gasteiger partial charge in [0, 0.05) is 32.2 Å². The van der Waals surface area contributed by atoms with Gasteiger partial charge in [0.15, 0.2) is 0 Å². The number of nitrogens with zero attached hydrogens (tertiary/aromatic N) is 4. The van der Waals surface area contributed by atoms with Gasteiger partial charge < -0.3 is 15.0 Å². The van der Waals surface area contributed by atoms with Crippen LogP contribution in [-0.2, 0) is 17.5 Å². The lowest BCUT2D eigenvalue weighted by Crippen LogP contribution is -2.47. The standard InChI is InChI=1S/C29H38F3N5O2/c30-29(31,32)24-7-5-22(6-8-24)20-35-13-11-23(12-14-35)21-37(28(38)34-25-3-1-2-4-25)26-9-10-27(33-19-26)36-15-17-39-18-16-36/h5-10,19,23,25H,1-4,11-18,20-21H2,(H,34,38). The van der Waals surface area contributed by atoms with Crippen molar-refractivity contribution in [3.05, 3.63) is 53.7 Å². The topological polar surface area (TPSA) is 60.9 Å². The lowest BCUT2D eigenvalue weighted by molar-refractivity contribution is -0.137. The van der Waals surface area contributed by atoms with Crippen molar-refractivity contribution in [2.45, 2.75) is 57.3 Å². The first kappa shape index (κ1) is 27.7. The van der Waals surface area contributed by atoms with Crippen LogP contribution in [0.2, 0.25) is 0 Å². The number of likely N-dealkylation sites (tertiary alicyclic amines) is 1. The molecule has 2 saturated heterocycles. The number of amides is 2. The van der Waals surface area contributed by atoms with Crippen LogP contribution in [0.5, 0.6) is 0 Å². The molecule has 2 amide bonds. The highest BCUT2D eigenvalue weighted by atomic mass is 19.4. The summed E-state index contributed by atoms with van der Waals surface area (Å²) in [6.07, 6.45) is 3.69. The zero-order valence-electron chi connectivity index (χ0n) is 22.3. The van der Waals surface area contributed by atoms with Crippen molar-refractivity contribution in [3.8, 4) is 0 Å². The van der Waals surface area contributed by atoms with Gasteiger partial charge in [0.05, 0.1) is 30.7 Å². The van der Waals surface area contributed by atoms with E-state index in [1.807, 2.05) is 17.0 Å². The number of piperidine rings is 1. The zero-order chi connectivity index (χ0) is 27.2. The first-order chi connectivity index (χ1) is 18.8. The van der Waals surface area contributed by atoms with Crippen molar-refractivity contribution in [2.75, 3.05) is 55.7 Å². The van der Waals surface area contributed by atoms with E-state index >= 15 is 0 Å². The Morgan fingerprint density at radius 2 is 1.67 bits per heavy atom. The molecule has 212 valence electrons. The molecule has 7 nitrogen and oxygen atoms in total. The highest BCUT2D eigenvalue weighted by molar-refractivity contribution is 5.92. The number of aromatic nitrogens is 1. The van der Waals surface area contributed by atoms with Crippen LogP contribution in [-0.4, -0.2) is 67.9 Å². The van der Waals surface area contributed by atoms with E-state index in [1.54, 1.807) is 18.3 Å². The molecule has 0 bridgehead atoms. The van der Waals surface area contributed by atoms with Crippen molar-refractivity contribution in [2.24, 2.45) is 5.92 Å². The Kier molecular flexibility index (Phi) is 8.92. The van der Waals surface area contributed by atoms with Crippen LogP contribution in [0.3, 0.4) is 0 Å². The number of halogens is 3. The van der Waals surface area contributed by atoms with Gasteiger partial charge in [0.25, 0.3) is 0 Å². The number of benzene rings is 1. The Bertz CT molecular complexity index is 1060. The summed E-state index contributed by atoms with van der Waals surface area (Å²) in [5, 5.41) is 3.24. The fraction of sp³-hybridized carbons (Fsp3) is 0.586. The van der Waals surface area contributed by atoms with Crippen LogP contribution < -0.4 is 15.1 Å². The van der Waals surface area contributed by atoms with Crippen LogP contribution in [0.4, 0.5) is 29.5 Å². The van der Waals surface area contributed by atoms with E-state index in [0.29, 0.717) is 32.2 Å². The van der Waals surface area contributed by atoms with E-state index in [4.69, 9.17) is 4.74 Å². The Morgan fingerprint density at radius 1 is 0.974 bits per heavy atom. The largest absolute Gasteiger partial charge is 0.416 e. The number of hydrogen-bond acceptors (Lipinski definition) is 5. The summed E-state index contributed by atoms with van der Waals surface area (Å²) in [4.78, 5) is 24.4. The van der Waals surface area contributed by atoms with Gasteiger partial charge in [-0.3, -0.25) is 9.80 Å². The van der Waals surface area contributed by atoms with Crippen LogP contribution in [0.15, 0.2) is 42.6 Å². The number of hydrogen-bond donors (Lipinski definition) is 1. The van der Waals surface area contributed by atoms with E-state index in [2.05, 4.69) is 20.1 Å². The van der Waals surface area contributed by atoms with Crippen molar-refractivity contribution >= 4 is 17.5 Å². The van der Waals surface area contributed by atoms with Gasteiger partial charge in [-0.15, -0.1) is 0 Å². The van der Waals surface area contributed by atoms with Crippen molar-refractivity contribution < 1.29 is 22.7 Å². The summed E-state index contributed by atoms with van der Waals surface area (Å²) in [6, 6.07) is 9.59. The molecule has 1 N–H and O–H groups in total. The molecule has 0 atom stereocenters. The molecular weight excluding hydrogens is 507 g/mol. The summed E-state index contributed by atoms with van der Waals surface area (Å²) in [5.74, 6) is 1.23. The average Bonchev–Trinajstić information content (AvgIpc) is 3.46. The average molecular weight is 546 g/mol. The molecule has 5 rings (SSSR count). The van der Waals surface area contributed by atoms with Crippen molar-refractivity contribution in [1.82, 2.24) is 15.2 Å². The van der Waals surface area contributed by atoms with Gasteiger partial charge in [-0.25, -0.2) is 9.78 Å². The molecule has 3 heterocycles. The SMILES string of the molecule is O=C(NC1CCCC1)N(CC1CCN(Cc2ccc(C(F)(F)F)cc2)CC1)c1ccc(N2CCOCC2)nc1. The number of carbonyl (C=O) groups excluding carboxylic acids is 1. The molecular formula is C29H38F3N5O2. The molecule has 2 aromatic rings. The molecule has 3 aliphatic rings. The molecule has 2 aliphatic heterocycles. The lowest BCUT2D eigenvalue weighted by Gasteiger charge is -2.35. The van der Waals surface area contributed by atoms with Crippen LogP contribution in [0.1, 0.15) is 49.7 Å². The zero-order valence-corrected chi connectivity index (χ0v) is 22.3. The third kappa shape index (κ3) is 7.42. The number of anilines is 2. The summed E-state index contributed by atoms with van der Waals surface area (Å²) in [6.45, 7) is 5.94. The van der Waals surface area contributed by atoms with Gasteiger partial charge in [0.1, 0.15) is 5.82 Å². The van der Waals surface area contributed by atoms with E-state index in [1.165, 1.54) is 0 Å². The Morgan fingerprint density at radius 3 is 2.28 bits per heavy atom. The third-order valence-electron chi connectivity index (χ3n) is 8.14. The van der Waals surface area contributed by atoms with Gasteiger partial charge in [-0.05, 0) is 74.5 Å². The minimum absolute atomic E-state index is 0.0602. The van der Waals surface area contributed by atoms with E-state index in [9.17, 15) is 18.0 Å². The highest BCUT2D eigenvalue weighted by Crippen LogP contribution is 2.30. The summed E-state index contributed by atoms with van der Waals surface area (Å²) < 4.78 is 44.1. The molecule has 1 aliphatic carbocycles. The van der Waals surface area contributed by atoms with E-state index in [0.717, 1.165) is 93.9 Å². The van der Waals surface area contributed by atoms with Crippen LogP contribution >= 0.6 is 0 Å². The second-order valence-corrected chi connectivity index (χ2v) is 10.9. The second kappa shape index (κ2) is 12.6. The molecule has 10 heteroatoms. The summed E-state index contributed by atoms with van der Waals surface area (Å²) >= 11 is 0. The molecule has 1 aromatic carbocycles. The first-order valence-corrected chi connectivity index (χ1v) is 14.1. The monoisotopic (exact) mass is 545 g/mol. The van der Waals surface area contributed by atoms with Gasteiger partial charge >= 0.3 is 12.2 Å². The maximum atomic E-state index is 13.4. The normalized spacial score (nSPS) is 19.8. The fourth-order valence-electron chi connectivity index (χ4n) is 5.79. The molecule has 1 saturated carbocycles. The molecule has 1 aromatic heterocycles. The first-order valence-electron chi connectivity index (χ1n) is 14.1. The number of alkyl halides is 3. The highest BCUT2D eigenvalue weighted by Gasteiger charge is 2.30. The van der Waals surface area contributed by atoms with E-state index < -0.39 is 11.7 Å². The molecule has 39 heavy (non-hydrogen) atoms. The number of urea groups is 1. The predicted octanol–water partition coefficient (Wildman–Crippen LogP) is 5.31. The summed E-state index contributed by atoms with van der Waals surface area (Å²) in [5.41, 5.74) is 1.06. The van der Waals surface area contributed by atoms with Crippen LogP contribution in [0.25, 0.3) is 0 Å². The number of pyridine rings is 1. The minimum Gasteiger partial charge on any atom is -0.378 e. The molecule has 0 radical (unpaired) electrons. The maximum Gasteiger partial charge on any atom is 0.416 e. The second-order valence-electron chi connectivity index (χ2n) is 10.9. The number of ether oxygens (including phenoxy) is 1. The maximum absolute atomic E-state index is 13.4. The Balaban J connectivity index is 1.20. The summed E-state index contributed by atoms with van der Waals surface area (Å²) in [7, 11) is 0. The predicted molar refractivity (Wildman–Crippen MR) is 145 cm³/mol. The smallest absolute Gasteiger partial charge is 0.378 e. The minimum atomic E-state index is -4.31. The van der Waals surface area contributed by atoms with E-state index in [-0.39, 0.29) is 12.1 Å². The number of nitrogens with one attached hydrogen (secondary N) is 1. The number of morpholine rings is 1. The van der Waals surface area contributed by atoms with Gasteiger partial charge in [-0.2, -0.15) is 13.2 Å². The quantitative estimate of drug-likeness (QED) is 0.511.